The minimum Gasteiger partial charge on any atom is -0.508 e. The van der Waals surface area contributed by atoms with Crippen LogP contribution in [0.25, 0.3) is 11.0 Å². The van der Waals surface area contributed by atoms with E-state index in [9.17, 15) is 9.90 Å². The van der Waals surface area contributed by atoms with Gasteiger partial charge in [-0.3, -0.25) is 10.1 Å². The Hall–Kier alpha value is -2.82. The van der Waals surface area contributed by atoms with Crippen molar-refractivity contribution in [2.45, 2.75) is 0 Å². The molecule has 0 saturated heterocycles. The Morgan fingerprint density at radius 2 is 1.85 bits per heavy atom. The molecule has 0 spiro atoms. The molecule has 1 heterocycles. The van der Waals surface area contributed by atoms with Gasteiger partial charge < -0.3 is 9.67 Å². The van der Waals surface area contributed by atoms with Crippen LogP contribution >= 0.6 is 0 Å². The molecule has 2 aromatic carbocycles. The van der Waals surface area contributed by atoms with Gasteiger partial charge in [-0.2, -0.15) is 0 Å². The zero-order valence-corrected chi connectivity index (χ0v) is 10.9. The molecule has 5 heteroatoms. The predicted molar refractivity (Wildman–Crippen MR) is 76.8 cm³/mol. The van der Waals surface area contributed by atoms with Gasteiger partial charge in [0, 0.05) is 12.6 Å². The third kappa shape index (κ3) is 2.09. The van der Waals surface area contributed by atoms with Crippen LogP contribution in [0, 0.1) is 0 Å². The van der Waals surface area contributed by atoms with Gasteiger partial charge in [0.15, 0.2) is 0 Å². The Balaban J connectivity index is 1.91. The number of aromatic hydroxyl groups is 1. The third-order valence-corrected chi connectivity index (χ3v) is 3.14. The van der Waals surface area contributed by atoms with Crippen molar-refractivity contribution in [3.05, 3.63) is 54.1 Å². The van der Waals surface area contributed by atoms with E-state index in [2.05, 4.69) is 10.3 Å². The first-order valence-corrected chi connectivity index (χ1v) is 6.17. The van der Waals surface area contributed by atoms with E-state index < -0.39 is 0 Å². The largest absolute Gasteiger partial charge is 0.508 e. The van der Waals surface area contributed by atoms with E-state index in [0.29, 0.717) is 11.5 Å². The van der Waals surface area contributed by atoms with E-state index in [4.69, 9.17) is 0 Å². The standard InChI is InChI=1S/C15H13N3O2/c1-18-13-5-3-2-4-12(13)16-15(18)17-14(20)10-6-8-11(19)9-7-10/h2-9,19H,1H3,(H,16,17,20). The van der Waals surface area contributed by atoms with Crippen molar-refractivity contribution in [1.82, 2.24) is 9.55 Å². The van der Waals surface area contributed by atoms with Crippen LogP contribution in [0.4, 0.5) is 5.95 Å². The summed E-state index contributed by atoms with van der Waals surface area (Å²) in [4.78, 5) is 16.5. The number of aryl methyl sites for hydroxylation is 1. The van der Waals surface area contributed by atoms with Gasteiger partial charge in [0.25, 0.3) is 5.91 Å². The number of rotatable bonds is 2. The van der Waals surface area contributed by atoms with Crippen LogP contribution in [0.5, 0.6) is 5.75 Å². The van der Waals surface area contributed by atoms with Crippen LogP contribution in [0.2, 0.25) is 0 Å². The number of aromatic nitrogens is 2. The first-order valence-electron chi connectivity index (χ1n) is 6.17. The highest BCUT2D eigenvalue weighted by Crippen LogP contribution is 2.18. The lowest BCUT2D eigenvalue weighted by Crippen LogP contribution is -2.14. The van der Waals surface area contributed by atoms with Gasteiger partial charge in [0.1, 0.15) is 5.75 Å². The second-order valence-electron chi connectivity index (χ2n) is 4.48. The third-order valence-electron chi connectivity index (χ3n) is 3.14. The fourth-order valence-corrected chi connectivity index (χ4v) is 2.04. The number of nitrogens with zero attached hydrogens (tertiary/aromatic N) is 2. The summed E-state index contributed by atoms with van der Waals surface area (Å²) >= 11 is 0. The lowest BCUT2D eigenvalue weighted by Gasteiger charge is -2.05. The van der Waals surface area contributed by atoms with E-state index >= 15 is 0 Å². The Kier molecular flexibility index (Phi) is 2.87. The number of hydrogen-bond acceptors (Lipinski definition) is 3. The first kappa shape index (κ1) is 12.2. The maximum absolute atomic E-state index is 12.1. The average Bonchev–Trinajstić information content (AvgIpc) is 2.77. The number of carbonyl (C=O) groups is 1. The monoisotopic (exact) mass is 267 g/mol. The number of phenols is 1. The number of phenolic OH excluding ortho intramolecular Hbond substituents is 1. The van der Waals surface area contributed by atoms with E-state index in [-0.39, 0.29) is 11.7 Å². The van der Waals surface area contributed by atoms with Gasteiger partial charge in [-0.05, 0) is 36.4 Å². The number of nitrogens with one attached hydrogen (secondary N) is 1. The molecule has 0 aliphatic carbocycles. The molecule has 100 valence electrons. The quantitative estimate of drug-likeness (QED) is 0.749. The normalized spacial score (nSPS) is 10.7. The number of imidazole rings is 1. The lowest BCUT2D eigenvalue weighted by molar-refractivity contribution is 0.102. The van der Waals surface area contributed by atoms with Crippen LogP contribution in [-0.4, -0.2) is 20.6 Å². The number of benzene rings is 2. The Morgan fingerprint density at radius 1 is 1.15 bits per heavy atom. The second kappa shape index (κ2) is 4.70. The molecular weight excluding hydrogens is 254 g/mol. The number of fused-ring (bicyclic) bond motifs is 1. The van der Waals surface area contributed by atoms with E-state index in [1.807, 2.05) is 35.9 Å². The predicted octanol–water partition coefficient (Wildman–Crippen LogP) is 2.53. The van der Waals surface area contributed by atoms with Crippen molar-refractivity contribution < 1.29 is 9.90 Å². The Morgan fingerprint density at radius 3 is 2.55 bits per heavy atom. The SMILES string of the molecule is Cn1c(NC(=O)c2ccc(O)cc2)nc2ccccc21. The summed E-state index contributed by atoms with van der Waals surface area (Å²) in [5, 5.41) is 12.0. The summed E-state index contributed by atoms with van der Waals surface area (Å²) in [6.45, 7) is 0. The Bertz CT molecular complexity index is 775. The van der Waals surface area contributed by atoms with Crippen molar-refractivity contribution in [1.29, 1.82) is 0 Å². The fourth-order valence-electron chi connectivity index (χ4n) is 2.04. The molecule has 1 aromatic heterocycles. The van der Waals surface area contributed by atoms with Crippen LogP contribution in [0.1, 0.15) is 10.4 Å². The van der Waals surface area contributed by atoms with Gasteiger partial charge in [0.05, 0.1) is 11.0 Å². The number of carbonyl (C=O) groups excluding carboxylic acids is 1. The minimum atomic E-state index is -0.261. The molecule has 0 aliphatic rings. The van der Waals surface area contributed by atoms with Crippen molar-refractivity contribution in [2.24, 2.45) is 7.05 Å². The van der Waals surface area contributed by atoms with Crippen LogP contribution in [0.15, 0.2) is 48.5 Å². The van der Waals surface area contributed by atoms with E-state index in [1.165, 1.54) is 12.1 Å². The summed E-state index contributed by atoms with van der Waals surface area (Å²) in [6, 6.07) is 13.7. The minimum absolute atomic E-state index is 0.129. The molecule has 3 aromatic rings. The molecule has 0 atom stereocenters. The van der Waals surface area contributed by atoms with E-state index in [0.717, 1.165) is 11.0 Å². The summed E-state index contributed by atoms with van der Waals surface area (Å²) in [5.74, 6) is 0.358. The van der Waals surface area contributed by atoms with Crippen LogP contribution in [-0.2, 0) is 7.05 Å². The number of para-hydroxylation sites is 2. The smallest absolute Gasteiger partial charge is 0.257 e. The lowest BCUT2D eigenvalue weighted by atomic mass is 10.2. The van der Waals surface area contributed by atoms with Gasteiger partial charge in [-0.1, -0.05) is 12.1 Å². The maximum atomic E-state index is 12.1. The molecule has 2 N–H and O–H groups in total. The fraction of sp³-hybridized carbons (Fsp3) is 0.0667. The molecule has 0 bridgehead atoms. The molecule has 0 fully saturated rings. The molecule has 0 aliphatic heterocycles. The molecule has 20 heavy (non-hydrogen) atoms. The molecule has 1 amide bonds. The first-order chi connectivity index (χ1) is 9.65. The molecule has 3 rings (SSSR count). The summed E-state index contributed by atoms with van der Waals surface area (Å²) < 4.78 is 1.83. The number of hydrogen-bond donors (Lipinski definition) is 2. The molecule has 0 saturated carbocycles. The Labute approximate surface area is 115 Å². The van der Waals surface area contributed by atoms with Crippen molar-refractivity contribution in [2.75, 3.05) is 5.32 Å². The number of anilines is 1. The van der Waals surface area contributed by atoms with Gasteiger partial charge >= 0.3 is 0 Å². The van der Waals surface area contributed by atoms with Crippen molar-refractivity contribution >= 4 is 22.9 Å². The van der Waals surface area contributed by atoms with Gasteiger partial charge in [-0.15, -0.1) is 0 Å². The highest BCUT2D eigenvalue weighted by molar-refractivity contribution is 6.04. The van der Waals surface area contributed by atoms with Crippen LogP contribution < -0.4 is 5.32 Å². The van der Waals surface area contributed by atoms with Gasteiger partial charge in [-0.25, -0.2) is 4.98 Å². The average molecular weight is 267 g/mol. The van der Waals surface area contributed by atoms with E-state index in [1.54, 1.807) is 12.1 Å². The molecule has 5 nitrogen and oxygen atoms in total. The van der Waals surface area contributed by atoms with Crippen molar-refractivity contribution in [3.63, 3.8) is 0 Å². The highest BCUT2D eigenvalue weighted by Gasteiger charge is 2.11. The zero-order valence-electron chi connectivity index (χ0n) is 10.9. The summed E-state index contributed by atoms with van der Waals surface area (Å²) in [5.41, 5.74) is 2.25. The topological polar surface area (TPSA) is 67.2 Å². The van der Waals surface area contributed by atoms with Crippen LogP contribution in [0.3, 0.4) is 0 Å². The molecular formula is C15H13N3O2. The zero-order chi connectivity index (χ0) is 14.1. The van der Waals surface area contributed by atoms with Crippen molar-refractivity contribution in [3.8, 4) is 5.75 Å². The summed E-state index contributed by atoms with van der Waals surface area (Å²) in [7, 11) is 1.85. The molecule has 0 radical (unpaired) electrons. The highest BCUT2D eigenvalue weighted by atomic mass is 16.3. The molecule has 0 unspecified atom stereocenters. The second-order valence-corrected chi connectivity index (χ2v) is 4.48. The maximum Gasteiger partial charge on any atom is 0.257 e. The number of amides is 1. The van der Waals surface area contributed by atoms with Gasteiger partial charge in [0.2, 0.25) is 5.95 Å². The summed E-state index contributed by atoms with van der Waals surface area (Å²) in [6.07, 6.45) is 0.